The quantitative estimate of drug-likeness (QED) is 0.703. The summed E-state index contributed by atoms with van der Waals surface area (Å²) in [7, 11) is 0. The molecule has 1 saturated carbocycles. The van der Waals surface area contributed by atoms with Gasteiger partial charge in [-0.05, 0) is 24.7 Å². The molecule has 0 saturated heterocycles. The van der Waals surface area contributed by atoms with Crippen molar-refractivity contribution in [2.45, 2.75) is 26.7 Å². The van der Waals surface area contributed by atoms with E-state index >= 15 is 0 Å². The number of nitrogens with zero attached hydrogens (tertiary/aromatic N) is 1. The van der Waals surface area contributed by atoms with Crippen molar-refractivity contribution in [2.75, 3.05) is 13.1 Å². The average molecular weight is 171 g/mol. The first-order valence-corrected chi connectivity index (χ1v) is 4.63. The van der Waals surface area contributed by atoms with Crippen LogP contribution in [-0.4, -0.2) is 29.2 Å². The summed E-state index contributed by atoms with van der Waals surface area (Å²) in [5, 5.41) is 8.79. The molecule has 1 fully saturated rings. The largest absolute Gasteiger partial charge is 0.465 e. The molecule has 2 atom stereocenters. The topological polar surface area (TPSA) is 40.5 Å². The zero-order valence-corrected chi connectivity index (χ0v) is 7.79. The Morgan fingerprint density at radius 1 is 1.67 bits per heavy atom. The molecular formula is C9H17NO2. The number of carboxylic acid groups (broad SMARTS) is 1. The van der Waals surface area contributed by atoms with Gasteiger partial charge in [0, 0.05) is 13.1 Å². The normalized spacial score (nSPS) is 26.8. The Labute approximate surface area is 73.4 Å². The minimum Gasteiger partial charge on any atom is -0.465 e. The predicted molar refractivity (Wildman–Crippen MR) is 47.2 cm³/mol. The minimum absolute atomic E-state index is 0.632. The van der Waals surface area contributed by atoms with Crippen LogP contribution in [0.5, 0.6) is 0 Å². The third-order valence-corrected chi connectivity index (χ3v) is 2.50. The minimum atomic E-state index is -0.768. The van der Waals surface area contributed by atoms with Crippen LogP contribution in [0.25, 0.3) is 0 Å². The van der Waals surface area contributed by atoms with Gasteiger partial charge < -0.3 is 10.0 Å². The summed E-state index contributed by atoms with van der Waals surface area (Å²) in [4.78, 5) is 12.2. The van der Waals surface area contributed by atoms with Crippen molar-refractivity contribution in [3.05, 3.63) is 0 Å². The molecular weight excluding hydrogens is 154 g/mol. The number of amides is 1. The summed E-state index contributed by atoms with van der Waals surface area (Å²) < 4.78 is 0. The Balaban J connectivity index is 2.28. The van der Waals surface area contributed by atoms with Crippen LogP contribution in [0.15, 0.2) is 0 Å². The highest BCUT2D eigenvalue weighted by atomic mass is 16.4. The molecule has 3 heteroatoms. The number of carbonyl (C=O) groups is 1. The average Bonchev–Trinajstić information content (AvgIpc) is 2.65. The summed E-state index contributed by atoms with van der Waals surface area (Å²) in [5.74, 6) is 1.37. The lowest BCUT2D eigenvalue weighted by Crippen LogP contribution is -2.32. The Hall–Kier alpha value is -0.730. The van der Waals surface area contributed by atoms with Crippen molar-refractivity contribution in [3.8, 4) is 0 Å². The van der Waals surface area contributed by atoms with Crippen molar-refractivity contribution in [1.82, 2.24) is 4.90 Å². The van der Waals surface area contributed by atoms with Gasteiger partial charge in [-0.2, -0.15) is 0 Å². The van der Waals surface area contributed by atoms with E-state index in [2.05, 4.69) is 6.92 Å². The third-order valence-electron chi connectivity index (χ3n) is 2.50. The molecule has 2 unspecified atom stereocenters. The van der Waals surface area contributed by atoms with E-state index < -0.39 is 6.09 Å². The number of hydrogen-bond donors (Lipinski definition) is 1. The van der Waals surface area contributed by atoms with Crippen molar-refractivity contribution in [3.63, 3.8) is 0 Å². The second-order valence-electron chi connectivity index (χ2n) is 3.70. The molecule has 0 radical (unpaired) electrons. The molecule has 1 aliphatic rings. The van der Waals surface area contributed by atoms with E-state index in [-0.39, 0.29) is 0 Å². The van der Waals surface area contributed by atoms with Gasteiger partial charge in [-0.25, -0.2) is 4.79 Å². The molecule has 0 bridgehead atoms. The van der Waals surface area contributed by atoms with Crippen LogP contribution in [0.1, 0.15) is 26.7 Å². The molecule has 0 aromatic rings. The molecule has 1 rings (SSSR count). The van der Waals surface area contributed by atoms with Gasteiger partial charge in [0.25, 0.3) is 0 Å². The molecule has 70 valence electrons. The van der Waals surface area contributed by atoms with E-state index in [1.807, 2.05) is 6.92 Å². The molecule has 1 aliphatic carbocycles. The summed E-state index contributed by atoms with van der Waals surface area (Å²) in [6, 6.07) is 0. The predicted octanol–water partition coefficient (Wildman–Crippen LogP) is 2.03. The lowest BCUT2D eigenvalue weighted by atomic mass is 10.3. The van der Waals surface area contributed by atoms with E-state index in [1.165, 1.54) is 11.3 Å². The lowest BCUT2D eigenvalue weighted by Gasteiger charge is -2.17. The van der Waals surface area contributed by atoms with Gasteiger partial charge >= 0.3 is 6.09 Å². The lowest BCUT2D eigenvalue weighted by molar-refractivity contribution is 0.142. The zero-order valence-electron chi connectivity index (χ0n) is 7.79. The molecule has 0 heterocycles. The van der Waals surface area contributed by atoms with Crippen LogP contribution in [0.4, 0.5) is 4.79 Å². The van der Waals surface area contributed by atoms with Gasteiger partial charge in [-0.3, -0.25) is 0 Å². The summed E-state index contributed by atoms with van der Waals surface area (Å²) in [6.07, 6.45) is 1.34. The second-order valence-corrected chi connectivity index (χ2v) is 3.70. The van der Waals surface area contributed by atoms with Gasteiger partial charge in [0.1, 0.15) is 0 Å². The fraction of sp³-hybridized carbons (Fsp3) is 0.889. The first-order valence-electron chi connectivity index (χ1n) is 4.63. The van der Waals surface area contributed by atoms with Crippen LogP contribution in [-0.2, 0) is 0 Å². The molecule has 12 heavy (non-hydrogen) atoms. The van der Waals surface area contributed by atoms with Crippen molar-refractivity contribution < 1.29 is 9.90 Å². The third kappa shape index (κ3) is 2.40. The summed E-state index contributed by atoms with van der Waals surface area (Å²) >= 11 is 0. The van der Waals surface area contributed by atoms with Crippen LogP contribution in [0.3, 0.4) is 0 Å². The zero-order chi connectivity index (χ0) is 9.14. The van der Waals surface area contributed by atoms with E-state index in [0.29, 0.717) is 12.5 Å². The van der Waals surface area contributed by atoms with Crippen LogP contribution >= 0.6 is 0 Å². The van der Waals surface area contributed by atoms with Crippen molar-refractivity contribution in [2.24, 2.45) is 11.8 Å². The maximum Gasteiger partial charge on any atom is 0.407 e. The first-order chi connectivity index (χ1) is 5.65. The SMILES string of the molecule is CCCN(CC1CC1C)C(=O)O. The summed E-state index contributed by atoms with van der Waals surface area (Å²) in [6.45, 7) is 5.60. The Bertz CT molecular complexity index is 170. The smallest absolute Gasteiger partial charge is 0.407 e. The van der Waals surface area contributed by atoms with Gasteiger partial charge in [-0.1, -0.05) is 13.8 Å². The van der Waals surface area contributed by atoms with Gasteiger partial charge in [0.15, 0.2) is 0 Å². The fourth-order valence-electron chi connectivity index (χ4n) is 1.47. The van der Waals surface area contributed by atoms with E-state index in [1.54, 1.807) is 0 Å². The molecule has 0 aromatic heterocycles. The van der Waals surface area contributed by atoms with E-state index in [0.717, 1.165) is 18.9 Å². The van der Waals surface area contributed by atoms with Crippen LogP contribution in [0, 0.1) is 11.8 Å². The van der Waals surface area contributed by atoms with E-state index in [9.17, 15) is 4.79 Å². The highest BCUT2D eigenvalue weighted by molar-refractivity contribution is 5.64. The Morgan fingerprint density at radius 3 is 2.58 bits per heavy atom. The second kappa shape index (κ2) is 3.78. The highest BCUT2D eigenvalue weighted by Gasteiger charge is 2.34. The van der Waals surface area contributed by atoms with E-state index in [4.69, 9.17) is 5.11 Å². The van der Waals surface area contributed by atoms with Crippen LogP contribution < -0.4 is 0 Å². The highest BCUT2D eigenvalue weighted by Crippen LogP contribution is 2.38. The molecule has 3 nitrogen and oxygen atoms in total. The van der Waals surface area contributed by atoms with Crippen molar-refractivity contribution >= 4 is 6.09 Å². The molecule has 0 aliphatic heterocycles. The van der Waals surface area contributed by atoms with Gasteiger partial charge in [0.2, 0.25) is 0 Å². The fourth-order valence-corrected chi connectivity index (χ4v) is 1.47. The Kier molecular flexibility index (Phi) is 2.95. The Morgan fingerprint density at radius 2 is 2.25 bits per heavy atom. The number of hydrogen-bond acceptors (Lipinski definition) is 1. The van der Waals surface area contributed by atoms with Gasteiger partial charge in [0.05, 0.1) is 0 Å². The maximum absolute atomic E-state index is 10.7. The molecule has 1 amide bonds. The summed E-state index contributed by atoms with van der Waals surface area (Å²) in [5.41, 5.74) is 0. The maximum atomic E-state index is 10.7. The van der Waals surface area contributed by atoms with Crippen molar-refractivity contribution in [1.29, 1.82) is 0 Å². The first kappa shape index (κ1) is 9.36. The van der Waals surface area contributed by atoms with Crippen LogP contribution in [0.2, 0.25) is 0 Å². The number of rotatable bonds is 4. The standard InChI is InChI=1S/C9H17NO2/c1-3-4-10(9(11)12)6-8-5-7(8)2/h7-8H,3-6H2,1-2H3,(H,11,12). The molecule has 0 spiro atoms. The molecule has 1 N–H and O–H groups in total. The molecule has 0 aromatic carbocycles. The monoisotopic (exact) mass is 171 g/mol. The van der Waals surface area contributed by atoms with Gasteiger partial charge in [-0.15, -0.1) is 0 Å².